The maximum atomic E-state index is 13.6. The minimum atomic E-state index is -0.342. The molecule has 0 amide bonds. The number of anilines is 1. The zero-order valence-corrected chi connectivity index (χ0v) is 12.0. The molecule has 106 valence electrons. The number of rotatable bonds is 5. The Hall–Kier alpha value is -1.29. The van der Waals surface area contributed by atoms with Crippen molar-refractivity contribution in [2.45, 2.75) is 39.3 Å². The molecule has 1 aromatic carbocycles. The predicted octanol–water partition coefficient (Wildman–Crippen LogP) is 3.45. The molecule has 0 saturated heterocycles. The predicted molar refractivity (Wildman–Crippen MR) is 74.2 cm³/mol. The van der Waals surface area contributed by atoms with Crippen LogP contribution < -0.4 is 10.1 Å². The van der Waals surface area contributed by atoms with Gasteiger partial charge in [-0.15, -0.1) is 0 Å². The first kappa shape index (κ1) is 14.1. The van der Waals surface area contributed by atoms with Crippen LogP contribution in [-0.2, 0) is 4.74 Å². The van der Waals surface area contributed by atoms with Gasteiger partial charge in [-0.1, -0.05) is 13.8 Å². The maximum Gasteiger partial charge on any atom is 0.167 e. The standard InChI is InChI=1S/C15H22FNO2/c1-5-19-14-9-13(15(14,2)3)17-10-6-7-12(18-4)11(16)8-10/h6-8,13-14,17H,5,9H2,1-4H3. The van der Waals surface area contributed by atoms with E-state index in [4.69, 9.17) is 9.47 Å². The molecule has 1 aromatic rings. The van der Waals surface area contributed by atoms with Crippen LogP contribution in [0.4, 0.5) is 10.1 Å². The van der Waals surface area contributed by atoms with E-state index in [1.165, 1.54) is 13.2 Å². The molecular formula is C15H22FNO2. The van der Waals surface area contributed by atoms with Crippen molar-refractivity contribution in [2.75, 3.05) is 19.0 Å². The third-order valence-electron chi connectivity index (χ3n) is 4.04. The van der Waals surface area contributed by atoms with Gasteiger partial charge in [0.2, 0.25) is 0 Å². The molecule has 0 heterocycles. The van der Waals surface area contributed by atoms with Gasteiger partial charge in [0.05, 0.1) is 13.2 Å². The lowest BCUT2D eigenvalue weighted by Gasteiger charge is -2.52. The van der Waals surface area contributed by atoms with Gasteiger partial charge < -0.3 is 14.8 Å². The zero-order chi connectivity index (χ0) is 14.0. The molecule has 0 radical (unpaired) electrons. The summed E-state index contributed by atoms with van der Waals surface area (Å²) in [6.45, 7) is 7.09. The van der Waals surface area contributed by atoms with E-state index < -0.39 is 0 Å². The van der Waals surface area contributed by atoms with Gasteiger partial charge in [-0.2, -0.15) is 0 Å². The molecule has 2 rings (SSSR count). The number of benzene rings is 1. The molecule has 1 fully saturated rings. The number of hydrogen-bond acceptors (Lipinski definition) is 3. The number of methoxy groups -OCH3 is 1. The summed E-state index contributed by atoms with van der Waals surface area (Å²) in [7, 11) is 1.47. The third kappa shape index (κ3) is 2.68. The van der Waals surface area contributed by atoms with Gasteiger partial charge in [-0.3, -0.25) is 0 Å². The number of halogens is 1. The van der Waals surface area contributed by atoms with Gasteiger partial charge in [-0.05, 0) is 25.5 Å². The number of ether oxygens (including phenoxy) is 2. The van der Waals surface area contributed by atoms with E-state index in [-0.39, 0.29) is 23.1 Å². The summed E-state index contributed by atoms with van der Waals surface area (Å²) in [6, 6.07) is 5.26. The molecule has 1 aliphatic rings. The van der Waals surface area contributed by atoms with Crippen LogP contribution in [-0.4, -0.2) is 25.9 Å². The highest BCUT2D eigenvalue weighted by Crippen LogP contribution is 2.44. The first-order valence-electron chi connectivity index (χ1n) is 6.70. The Kier molecular flexibility index (Phi) is 3.99. The van der Waals surface area contributed by atoms with Crippen molar-refractivity contribution in [2.24, 2.45) is 5.41 Å². The van der Waals surface area contributed by atoms with Crippen LogP contribution >= 0.6 is 0 Å². The van der Waals surface area contributed by atoms with Gasteiger partial charge >= 0.3 is 0 Å². The highest BCUT2D eigenvalue weighted by atomic mass is 19.1. The third-order valence-corrected chi connectivity index (χ3v) is 4.04. The molecule has 0 aromatic heterocycles. The second-order valence-corrected chi connectivity index (χ2v) is 5.55. The SMILES string of the molecule is CCOC1CC(Nc2ccc(OC)c(F)c2)C1(C)C. The van der Waals surface area contributed by atoms with Crippen LogP contribution in [0.15, 0.2) is 18.2 Å². The average molecular weight is 267 g/mol. The van der Waals surface area contributed by atoms with E-state index in [9.17, 15) is 4.39 Å². The van der Waals surface area contributed by atoms with Crippen molar-refractivity contribution in [1.82, 2.24) is 0 Å². The molecular weight excluding hydrogens is 245 g/mol. The summed E-state index contributed by atoms with van der Waals surface area (Å²) in [5.41, 5.74) is 0.846. The molecule has 4 heteroatoms. The fraction of sp³-hybridized carbons (Fsp3) is 0.600. The van der Waals surface area contributed by atoms with Crippen molar-refractivity contribution in [3.8, 4) is 5.75 Å². The monoisotopic (exact) mass is 267 g/mol. The normalized spacial score (nSPS) is 24.7. The summed E-state index contributed by atoms with van der Waals surface area (Å²) < 4.78 is 24.2. The minimum absolute atomic E-state index is 0.0619. The maximum absolute atomic E-state index is 13.6. The highest BCUT2D eigenvalue weighted by Gasteiger charge is 2.48. The van der Waals surface area contributed by atoms with Gasteiger partial charge in [0, 0.05) is 29.8 Å². The summed E-state index contributed by atoms with van der Waals surface area (Å²) in [5.74, 6) is -0.0726. The molecule has 1 N–H and O–H groups in total. The van der Waals surface area contributed by atoms with E-state index in [0.29, 0.717) is 6.04 Å². The number of hydrogen-bond donors (Lipinski definition) is 1. The Morgan fingerprint density at radius 3 is 2.68 bits per heavy atom. The van der Waals surface area contributed by atoms with Crippen LogP contribution in [0.25, 0.3) is 0 Å². The molecule has 1 aliphatic carbocycles. The summed E-state index contributed by atoms with van der Waals surface area (Å²) in [6.07, 6.45) is 1.23. The van der Waals surface area contributed by atoms with Crippen LogP contribution in [0.2, 0.25) is 0 Å². The summed E-state index contributed by atoms with van der Waals surface area (Å²) in [4.78, 5) is 0. The molecule has 2 atom stereocenters. The van der Waals surface area contributed by atoms with Crippen molar-refractivity contribution >= 4 is 5.69 Å². The Morgan fingerprint density at radius 2 is 2.16 bits per heavy atom. The van der Waals surface area contributed by atoms with Gasteiger partial charge in [0.15, 0.2) is 11.6 Å². The van der Waals surface area contributed by atoms with Crippen LogP contribution in [0.5, 0.6) is 5.75 Å². The Morgan fingerprint density at radius 1 is 1.42 bits per heavy atom. The lowest BCUT2D eigenvalue weighted by atomic mass is 9.64. The molecule has 3 nitrogen and oxygen atoms in total. The van der Waals surface area contributed by atoms with Crippen molar-refractivity contribution in [1.29, 1.82) is 0 Å². The average Bonchev–Trinajstić information content (AvgIpc) is 2.38. The van der Waals surface area contributed by atoms with Crippen LogP contribution in [0.3, 0.4) is 0 Å². The Bertz CT molecular complexity index is 448. The van der Waals surface area contributed by atoms with E-state index >= 15 is 0 Å². The number of nitrogens with one attached hydrogen (secondary N) is 1. The fourth-order valence-corrected chi connectivity index (χ4v) is 2.57. The Labute approximate surface area is 114 Å². The molecule has 0 aliphatic heterocycles. The summed E-state index contributed by atoms with van der Waals surface area (Å²) >= 11 is 0. The quantitative estimate of drug-likeness (QED) is 0.886. The van der Waals surface area contributed by atoms with Crippen molar-refractivity contribution in [3.63, 3.8) is 0 Å². The smallest absolute Gasteiger partial charge is 0.167 e. The zero-order valence-electron chi connectivity index (χ0n) is 12.0. The van der Waals surface area contributed by atoms with Crippen LogP contribution in [0.1, 0.15) is 27.2 Å². The first-order chi connectivity index (χ1) is 8.98. The molecule has 0 spiro atoms. The van der Waals surface area contributed by atoms with Crippen molar-refractivity contribution < 1.29 is 13.9 Å². The second kappa shape index (κ2) is 5.37. The Balaban J connectivity index is 2.01. The lowest BCUT2D eigenvalue weighted by molar-refractivity contribution is -0.0976. The van der Waals surface area contributed by atoms with E-state index in [0.717, 1.165) is 18.7 Å². The van der Waals surface area contributed by atoms with Gasteiger partial charge in [-0.25, -0.2) is 4.39 Å². The molecule has 2 unspecified atom stereocenters. The highest BCUT2D eigenvalue weighted by molar-refractivity contribution is 5.49. The summed E-state index contributed by atoms with van der Waals surface area (Å²) in [5, 5.41) is 3.37. The van der Waals surface area contributed by atoms with E-state index in [2.05, 4.69) is 19.2 Å². The molecule has 0 bridgehead atoms. The van der Waals surface area contributed by atoms with Gasteiger partial charge in [0.25, 0.3) is 0 Å². The molecule has 19 heavy (non-hydrogen) atoms. The second-order valence-electron chi connectivity index (χ2n) is 5.55. The van der Waals surface area contributed by atoms with E-state index in [1.54, 1.807) is 6.07 Å². The van der Waals surface area contributed by atoms with Crippen molar-refractivity contribution in [3.05, 3.63) is 24.0 Å². The minimum Gasteiger partial charge on any atom is -0.494 e. The first-order valence-corrected chi connectivity index (χ1v) is 6.70. The van der Waals surface area contributed by atoms with E-state index in [1.807, 2.05) is 13.0 Å². The largest absolute Gasteiger partial charge is 0.494 e. The molecule has 1 saturated carbocycles. The topological polar surface area (TPSA) is 30.5 Å². The van der Waals surface area contributed by atoms with Crippen LogP contribution in [0, 0.1) is 11.2 Å². The lowest BCUT2D eigenvalue weighted by Crippen LogP contribution is -2.58. The fourth-order valence-electron chi connectivity index (χ4n) is 2.57. The van der Waals surface area contributed by atoms with Gasteiger partial charge in [0.1, 0.15) is 0 Å².